The van der Waals surface area contributed by atoms with Gasteiger partial charge in [0.2, 0.25) is 6.29 Å². The van der Waals surface area contributed by atoms with E-state index < -0.39 is 17.8 Å². The lowest BCUT2D eigenvalue weighted by Crippen LogP contribution is -2.63. The van der Waals surface area contributed by atoms with Gasteiger partial charge < -0.3 is 23.7 Å². The molecular formula is C35H38O5. The number of hydrogen-bond acceptors (Lipinski definition) is 5. The third-order valence-corrected chi connectivity index (χ3v) is 7.24. The molecule has 0 aliphatic carbocycles. The third kappa shape index (κ3) is 7.38. The van der Waals surface area contributed by atoms with Gasteiger partial charge in [-0.05, 0) is 28.8 Å². The molecule has 0 bridgehead atoms. The maximum absolute atomic E-state index is 6.71. The molecule has 5 rings (SSSR count). The first-order chi connectivity index (χ1) is 19.6. The van der Waals surface area contributed by atoms with E-state index in [1.165, 1.54) is 0 Å². The highest BCUT2D eigenvalue weighted by Gasteiger charge is 2.54. The Morgan fingerprint density at radius 3 is 1.62 bits per heavy atom. The molecule has 1 fully saturated rings. The second-order valence-corrected chi connectivity index (χ2v) is 10.7. The van der Waals surface area contributed by atoms with Crippen LogP contribution in [0.5, 0.6) is 5.75 Å². The summed E-state index contributed by atoms with van der Waals surface area (Å²) in [5.74, 6) is 0.745. The first-order valence-electron chi connectivity index (χ1n) is 13.9. The summed E-state index contributed by atoms with van der Waals surface area (Å²) in [6.45, 7) is 5.96. The van der Waals surface area contributed by atoms with Crippen LogP contribution in [-0.2, 0) is 38.8 Å². The molecule has 0 saturated carbocycles. The van der Waals surface area contributed by atoms with Gasteiger partial charge in [-0.15, -0.1) is 0 Å². The van der Waals surface area contributed by atoms with Crippen molar-refractivity contribution in [3.8, 4) is 5.75 Å². The molecule has 0 N–H and O–H groups in total. The molecule has 0 amide bonds. The molecule has 5 heteroatoms. The van der Waals surface area contributed by atoms with Crippen molar-refractivity contribution in [2.24, 2.45) is 5.41 Å². The summed E-state index contributed by atoms with van der Waals surface area (Å²) >= 11 is 0. The van der Waals surface area contributed by atoms with Crippen molar-refractivity contribution in [3.05, 3.63) is 138 Å². The van der Waals surface area contributed by atoms with Crippen LogP contribution in [0.15, 0.2) is 121 Å². The normalized spacial score (nSPS) is 22.1. The highest BCUT2D eigenvalue weighted by Crippen LogP contribution is 2.41. The van der Waals surface area contributed by atoms with E-state index in [1.807, 2.05) is 84.9 Å². The van der Waals surface area contributed by atoms with Crippen LogP contribution in [-0.4, -0.2) is 31.2 Å². The van der Waals surface area contributed by atoms with Crippen molar-refractivity contribution in [3.63, 3.8) is 0 Å². The molecule has 1 aliphatic rings. The fourth-order valence-electron chi connectivity index (χ4n) is 5.00. The molecule has 0 spiro atoms. The standard InChI is InChI=1S/C35H38O5/c1-35(2)33(38-25-29-19-11-5-12-20-29)32(37-24-28-17-9-4-10-18-28)31(26-36-23-27-15-7-3-8-16-27)40-34(35)39-30-21-13-6-14-22-30/h3-22,31-34H,23-26H2,1-2H3/t31-,32+,33+,34?/m1/s1. The Labute approximate surface area is 237 Å². The van der Waals surface area contributed by atoms with E-state index in [-0.39, 0.29) is 12.2 Å². The molecule has 0 aromatic heterocycles. The topological polar surface area (TPSA) is 46.2 Å². The molecule has 5 nitrogen and oxygen atoms in total. The van der Waals surface area contributed by atoms with Crippen molar-refractivity contribution < 1.29 is 23.7 Å². The second-order valence-electron chi connectivity index (χ2n) is 10.7. The van der Waals surface area contributed by atoms with Gasteiger partial charge in [-0.3, -0.25) is 0 Å². The number of para-hydroxylation sites is 1. The Kier molecular flexibility index (Phi) is 9.63. The zero-order valence-corrected chi connectivity index (χ0v) is 23.2. The maximum atomic E-state index is 6.71. The molecule has 208 valence electrons. The highest BCUT2D eigenvalue weighted by atomic mass is 16.7. The lowest BCUT2D eigenvalue weighted by molar-refractivity contribution is -0.310. The van der Waals surface area contributed by atoms with Gasteiger partial charge in [-0.25, -0.2) is 0 Å². The Bertz CT molecular complexity index is 1260. The Hall–Kier alpha value is -3.48. The molecule has 1 unspecified atom stereocenters. The molecule has 1 heterocycles. The number of hydrogen-bond donors (Lipinski definition) is 0. The van der Waals surface area contributed by atoms with E-state index in [9.17, 15) is 0 Å². The summed E-state index contributed by atoms with van der Waals surface area (Å²) in [4.78, 5) is 0. The van der Waals surface area contributed by atoms with Crippen molar-refractivity contribution >= 4 is 0 Å². The Morgan fingerprint density at radius 1 is 0.600 bits per heavy atom. The van der Waals surface area contributed by atoms with Crippen molar-refractivity contribution in [2.45, 2.75) is 58.3 Å². The van der Waals surface area contributed by atoms with Crippen LogP contribution in [0.4, 0.5) is 0 Å². The molecule has 4 aromatic carbocycles. The van der Waals surface area contributed by atoms with Crippen molar-refractivity contribution in [1.29, 1.82) is 0 Å². The molecule has 40 heavy (non-hydrogen) atoms. The van der Waals surface area contributed by atoms with Crippen LogP contribution < -0.4 is 4.74 Å². The minimum Gasteiger partial charge on any atom is -0.464 e. The van der Waals surface area contributed by atoms with Gasteiger partial charge in [0.05, 0.1) is 37.9 Å². The zero-order chi connectivity index (χ0) is 27.6. The van der Waals surface area contributed by atoms with Crippen LogP contribution in [0.2, 0.25) is 0 Å². The molecule has 1 aliphatic heterocycles. The minimum atomic E-state index is -0.572. The molecule has 4 atom stereocenters. The second kappa shape index (κ2) is 13.7. The van der Waals surface area contributed by atoms with Gasteiger partial charge in [0, 0.05) is 0 Å². The monoisotopic (exact) mass is 538 g/mol. The Morgan fingerprint density at radius 2 is 1.07 bits per heavy atom. The minimum absolute atomic E-state index is 0.329. The van der Waals surface area contributed by atoms with Gasteiger partial charge in [-0.2, -0.15) is 0 Å². The van der Waals surface area contributed by atoms with Gasteiger partial charge in [-0.1, -0.05) is 123 Å². The van der Waals surface area contributed by atoms with Crippen LogP contribution >= 0.6 is 0 Å². The Balaban J connectivity index is 1.41. The van der Waals surface area contributed by atoms with Crippen molar-refractivity contribution in [2.75, 3.05) is 6.61 Å². The van der Waals surface area contributed by atoms with Gasteiger partial charge in [0.15, 0.2) is 0 Å². The largest absolute Gasteiger partial charge is 0.464 e. The smallest absolute Gasteiger partial charge is 0.208 e. The van der Waals surface area contributed by atoms with Gasteiger partial charge >= 0.3 is 0 Å². The van der Waals surface area contributed by atoms with Gasteiger partial charge in [0.1, 0.15) is 18.0 Å². The summed E-state index contributed by atoms with van der Waals surface area (Å²) in [6, 6.07) is 40.3. The summed E-state index contributed by atoms with van der Waals surface area (Å²) < 4.78 is 32.7. The van der Waals surface area contributed by atoms with Gasteiger partial charge in [0.25, 0.3) is 0 Å². The van der Waals surface area contributed by atoms with Crippen LogP contribution in [0.25, 0.3) is 0 Å². The van der Waals surface area contributed by atoms with Crippen LogP contribution in [0.1, 0.15) is 30.5 Å². The molecule has 4 aromatic rings. The lowest BCUT2D eigenvalue weighted by Gasteiger charge is -2.50. The number of benzene rings is 4. The first kappa shape index (κ1) is 28.1. The number of rotatable bonds is 12. The van der Waals surface area contributed by atoms with E-state index in [2.05, 4.69) is 50.2 Å². The quantitative estimate of drug-likeness (QED) is 0.191. The fraction of sp³-hybridized carbons (Fsp3) is 0.314. The van der Waals surface area contributed by atoms with E-state index >= 15 is 0 Å². The fourth-order valence-corrected chi connectivity index (χ4v) is 5.00. The summed E-state index contributed by atoms with van der Waals surface area (Å²) in [6.07, 6.45) is -1.69. The lowest BCUT2D eigenvalue weighted by atomic mass is 9.78. The SMILES string of the molecule is CC1(C)C(Oc2ccccc2)O[C@H](COCc2ccccc2)[C@H](OCc2ccccc2)[C@@H]1OCc1ccccc1. The predicted octanol–water partition coefficient (Wildman–Crippen LogP) is 7.20. The average molecular weight is 539 g/mol. The van der Waals surface area contributed by atoms with E-state index in [0.717, 1.165) is 22.4 Å². The summed E-state index contributed by atoms with van der Waals surface area (Å²) in [5.41, 5.74) is 2.76. The van der Waals surface area contributed by atoms with Crippen molar-refractivity contribution in [1.82, 2.24) is 0 Å². The highest BCUT2D eigenvalue weighted by molar-refractivity contribution is 5.22. The number of ether oxygens (including phenoxy) is 5. The summed E-state index contributed by atoms with van der Waals surface area (Å²) in [5, 5.41) is 0. The van der Waals surface area contributed by atoms with E-state index in [1.54, 1.807) is 0 Å². The average Bonchev–Trinajstić information content (AvgIpc) is 2.99. The molecule has 0 radical (unpaired) electrons. The zero-order valence-electron chi connectivity index (χ0n) is 23.2. The van der Waals surface area contributed by atoms with Crippen LogP contribution in [0, 0.1) is 5.41 Å². The summed E-state index contributed by atoms with van der Waals surface area (Å²) in [7, 11) is 0. The molecular weight excluding hydrogens is 500 g/mol. The predicted molar refractivity (Wildman–Crippen MR) is 156 cm³/mol. The van der Waals surface area contributed by atoms with Crippen LogP contribution in [0.3, 0.4) is 0 Å². The molecule has 1 saturated heterocycles. The van der Waals surface area contributed by atoms with E-state index in [0.29, 0.717) is 26.4 Å². The third-order valence-electron chi connectivity index (χ3n) is 7.24. The van der Waals surface area contributed by atoms with E-state index in [4.69, 9.17) is 23.7 Å². The first-order valence-corrected chi connectivity index (χ1v) is 13.9. The maximum Gasteiger partial charge on any atom is 0.208 e.